The molecule has 1 aromatic carbocycles. The lowest BCUT2D eigenvalue weighted by Gasteiger charge is -2.17. The van der Waals surface area contributed by atoms with E-state index in [1.165, 1.54) is 5.56 Å². The maximum Gasteiger partial charge on any atom is 0.255 e. The second-order valence-corrected chi connectivity index (χ2v) is 6.74. The lowest BCUT2D eigenvalue weighted by Crippen LogP contribution is -2.28. The molecular weight excluding hydrogens is 340 g/mol. The highest BCUT2D eigenvalue weighted by Crippen LogP contribution is 2.18. The Hall–Kier alpha value is -3.15. The van der Waals surface area contributed by atoms with Crippen LogP contribution in [0, 0.1) is 13.8 Å². The summed E-state index contributed by atoms with van der Waals surface area (Å²) in [5.74, 6) is -0.0511. The second kappa shape index (κ2) is 8.03. The molecule has 0 atom stereocenters. The molecule has 1 amide bonds. The van der Waals surface area contributed by atoms with E-state index in [-0.39, 0.29) is 11.5 Å². The first kappa shape index (κ1) is 18.6. The Balaban J connectivity index is 1.67. The molecule has 27 heavy (non-hydrogen) atoms. The fourth-order valence-corrected chi connectivity index (χ4v) is 3.23. The minimum absolute atomic E-state index is 0.0511. The first-order chi connectivity index (χ1) is 13.0. The number of nitrogens with zero attached hydrogens (tertiary/aromatic N) is 2. The molecule has 0 fully saturated rings. The number of hydrogen-bond acceptors (Lipinski definition) is 3. The van der Waals surface area contributed by atoms with Crippen molar-refractivity contribution in [3.63, 3.8) is 0 Å². The number of carbonyl (C=O) groups is 1. The van der Waals surface area contributed by atoms with Gasteiger partial charge in [-0.1, -0.05) is 12.1 Å². The van der Waals surface area contributed by atoms with Gasteiger partial charge in [0.1, 0.15) is 0 Å². The molecule has 3 aromatic rings. The molecule has 0 saturated carbocycles. The predicted molar refractivity (Wildman–Crippen MR) is 106 cm³/mol. The van der Waals surface area contributed by atoms with Crippen molar-refractivity contribution < 1.29 is 4.79 Å². The number of carbonyl (C=O) groups excluding carboxylic acids is 1. The van der Waals surface area contributed by atoms with E-state index >= 15 is 0 Å². The average Bonchev–Trinajstić information content (AvgIpc) is 2.99. The zero-order chi connectivity index (χ0) is 19.4. The molecule has 0 aliphatic rings. The first-order valence-corrected chi connectivity index (χ1v) is 9.01. The van der Waals surface area contributed by atoms with E-state index < -0.39 is 0 Å². The van der Waals surface area contributed by atoms with Crippen LogP contribution in [0.25, 0.3) is 11.1 Å². The van der Waals surface area contributed by atoms with E-state index in [9.17, 15) is 9.59 Å². The second-order valence-electron chi connectivity index (χ2n) is 6.74. The van der Waals surface area contributed by atoms with Crippen molar-refractivity contribution in [1.82, 2.24) is 20.1 Å². The van der Waals surface area contributed by atoms with Crippen molar-refractivity contribution in [2.45, 2.75) is 26.7 Å². The Labute approximate surface area is 158 Å². The summed E-state index contributed by atoms with van der Waals surface area (Å²) < 4.78 is 0. The van der Waals surface area contributed by atoms with Gasteiger partial charge in [-0.2, -0.15) is 5.10 Å². The molecule has 140 valence electrons. The standard InChI is InChI=1S/C21H24N4O2/c1-14-18(15(2)24-23-14)10-6-12-25(3)21(27)17-8-4-7-16(13-17)19-9-5-11-22-20(19)26/h4-5,7-9,11,13H,6,10,12H2,1-3H3,(H,22,26)(H,23,24). The van der Waals surface area contributed by atoms with Gasteiger partial charge in [-0.3, -0.25) is 14.7 Å². The summed E-state index contributed by atoms with van der Waals surface area (Å²) >= 11 is 0. The molecule has 0 saturated heterocycles. The lowest BCUT2D eigenvalue weighted by atomic mass is 10.0. The molecule has 0 spiro atoms. The van der Waals surface area contributed by atoms with Gasteiger partial charge in [0.15, 0.2) is 0 Å². The summed E-state index contributed by atoms with van der Waals surface area (Å²) in [6.07, 6.45) is 3.34. The zero-order valence-corrected chi connectivity index (χ0v) is 15.9. The number of hydrogen-bond donors (Lipinski definition) is 2. The molecule has 0 aliphatic carbocycles. The van der Waals surface area contributed by atoms with Gasteiger partial charge in [0.05, 0.1) is 5.69 Å². The summed E-state index contributed by atoms with van der Waals surface area (Å²) in [7, 11) is 1.80. The van der Waals surface area contributed by atoms with E-state index in [1.54, 1.807) is 48.5 Å². The number of H-pyrrole nitrogens is 2. The van der Waals surface area contributed by atoms with Crippen LogP contribution in [0.5, 0.6) is 0 Å². The van der Waals surface area contributed by atoms with Crippen molar-refractivity contribution in [3.8, 4) is 11.1 Å². The molecule has 6 heteroatoms. The van der Waals surface area contributed by atoms with Crippen molar-refractivity contribution in [2.24, 2.45) is 0 Å². The fourth-order valence-electron chi connectivity index (χ4n) is 3.23. The highest BCUT2D eigenvalue weighted by molar-refractivity contribution is 5.95. The third-order valence-electron chi connectivity index (χ3n) is 4.79. The van der Waals surface area contributed by atoms with Crippen molar-refractivity contribution in [1.29, 1.82) is 0 Å². The van der Waals surface area contributed by atoms with Crippen LogP contribution in [0.2, 0.25) is 0 Å². The van der Waals surface area contributed by atoms with Crippen LogP contribution in [0.3, 0.4) is 0 Å². The summed E-state index contributed by atoms with van der Waals surface area (Å²) in [6, 6.07) is 10.7. The minimum atomic E-state index is -0.165. The number of aromatic nitrogens is 3. The number of rotatable bonds is 6. The van der Waals surface area contributed by atoms with Crippen LogP contribution in [0.15, 0.2) is 47.4 Å². The van der Waals surface area contributed by atoms with Gasteiger partial charge in [-0.05, 0) is 62.1 Å². The normalized spacial score (nSPS) is 10.8. The number of pyridine rings is 1. The fraction of sp³-hybridized carbons (Fsp3) is 0.286. The van der Waals surface area contributed by atoms with Gasteiger partial charge >= 0.3 is 0 Å². The van der Waals surface area contributed by atoms with Gasteiger partial charge in [0.25, 0.3) is 11.5 Å². The van der Waals surface area contributed by atoms with Crippen LogP contribution in [-0.2, 0) is 6.42 Å². The lowest BCUT2D eigenvalue weighted by molar-refractivity contribution is 0.0793. The third-order valence-corrected chi connectivity index (χ3v) is 4.79. The van der Waals surface area contributed by atoms with Crippen molar-refractivity contribution in [3.05, 3.63) is 75.5 Å². The van der Waals surface area contributed by atoms with Gasteiger partial charge in [0.2, 0.25) is 0 Å². The maximum absolute atomic E-state index is 12.8. The summed E-state index contributed by atoms with van der Waals surface area (Å²) in [6.45, 7) is 4.66. The Bertz CT molecular complexity index is 984. The zero-order valence-electron chi connectivity index (χ0n) is 15.9. The van der Waals surface area contributed by atoms with Crippen LogP contribution in [0.4, 0.5) is 0 Å². The van der Waals surface area contributed by atoms with Crippen LogP contribution in [-0.4, -0.2) is 39.6 Å². The van der Waals surface area contributed by atoms with E-state index in [4.69, 9.17) is 0 Å². The van der Waals surface area contributed by atoms with Crippen molar-refractivity contribution >= 4 is 5.91 Å². The predicted octanol–water partition coefficient (Wildman–Crippen LogP) is 3.09. The highest BCUT2D eigenvalue weighted by Gasteiger charge is 2.14. The molecule has 2 aromatic heterocycles. The summed E-state index contributed by atoms with van der Waals surface area (Å²) in [5, 5.41) is 7.20. The number of benzene rings is 1. The van der Waals surface area contributed by atoms with Gasteiger partial charge in [0, 0.05) is 36.6 Å². The Morgan fingerprint density at radius 1 is 1.19 bits per heavy atom. The Kier molecular flexibility index (Phi) is 5.54. The molecule has 2 N–H and O–H groups in total. The quantitative estimate of drug-likeness (QED) is 0.705. The molecule has 2 heterocycles. The molecule has 0 radical (unpaired) electrons. The SMILES string of the molecule is Cc1n[nH]c(C)c1CCCN(C)C(=O)c1cccc(-c2ccc[nH]c2=O)c1. The summed E-state index contributed by atoms with van der Waals surface area (Å²) in [4.78, 5) is 29.1. The molecule has 0 unspecified atom stereocenters. The van der Waals surface area contributed by atoms with Crippen LogP contribution < -0.4 is 5.56 Å². The van der Waals surface area contributed by atoms with E-state index in [0.29, 0.717) is 17.7 Å². The highest BCUT2D eigenvalue weighted by atomic mass is 16.2. The largest absolute Gasteiger partial charge is 0.342 e. The molecular formula is C21H24N4O2. The van der Waals surface area contributed by atoms with Gasteiger partial charge in [-0.25, -0.2) is 0 Å². The maximum atomic E-state index is 12.8. The number of aryl methyl sites for hydroxylation is 2. The molecule has 6 nitrogen and oxygen atoms in total. The molecule has 0 aliphatic heterocycles. The van der Waals surface area contributed by atoms with Crippen LogP contribution in [0.1, 0.15) is 33.7 Å². The van der Waals surface area contributed by atoms with Crippen LogP contribution >= 0.6 is 0 Å². The Morgan fingerprint density at radius 2 is 2.00 bits per heavy atom. The molecule has 0 bridgehead atoms. The minimum Gasteiger partial charge on any atom is -0.342 e. The Morgan fingerprint density at radius 3 is 2.70 bits per heavy atom. The van der Waals surface area contributed by atoms with Gasteiger partial charge < -0.3 is 9.88 Å². The average molecular weight is 364 g/mol. The van der Waals surface area contributed by atoms with E-state index in [0.717, 1.165) is 29.8 Å². The van der Waals surface area contributed by atoms with E-state index in [1.807, 2.05) is 19.9 Å². The first-order valence-electron chi connectivity index (χ1n) is 9.01. The summed E-state index contributed by atoms with van der Waals surface area (Å²) in [5.41, 5.74) is 5.03. The number of nitrogens with one attached hydrogen (secondary N) is 2. The van der Waals surface area contributed by atoms with Gasteiger partial charge in [-0.15, -0.1) is 0 Å². The van der Waals surface area contributed by atoms with Crippen molar-refractivity contribution in [2.75, 3.05) is 13.6 Å². The number of amides is 1. The smallest absolute Gasteiger partial charge is 0.255 e. The third kappa shape index (κ3) is 4.16. The van der Waals surface area contributed by atoms with E-state index in [2.05, 4.69) is 15.2 Å². The topological polar surface area (TPSA) is 81.8 Å². The number of aromatic amines is 2. The molecule has 3 rings (SSSR count). The monoisotopic (exact) mass is 364 g/mol.